The molecule has 5 heteroatoms. The minimum Gasteiger partial charge on any atom is -0.325 e. The summed E-state index contributed by atoms with van der Waals surface area (Å²) in [5.74, 6) is -0.0502. The predicted molar refractivity (Wildman–Crippen MR) is 69.2 cm³/mol. The molecule has 0 aromatic heterocycles. The van der Waals surface area contributed by atoms with Crippen LogP contribution in [-0.2, 0) is 4.79 Å². The number of hydrogen-bond donors (Lipinski definition) is 3. The topological polar surface area (TPSA) is 70.2 Å². The quantitative estimate of drug-likeness (QED) is 0.699. The third kappa shape index (κ3) is 2.94. The largest absolute Gasteiger partial charge is 0.325 e. The molecular formula is C13H17N3O2. The van der Waals surface area contributed by atoms with Crippen LogP contribution in [0.1, 0.15) is 30.6 Å². The Hall–Kier alpha value is -1.72. The lowest BCUT2D eigenvalue weighted by molar-refractivity contribution is -0.117. The summed E-state index contributed by atoms with van der Waals surface area (Å²) in [4.78, 5) is 23.0. The summed E-state index contributed by atoms with van der Waals surface area (Å²) in [6.07, 6.45) is 0.761. The first kappa shape index (κ1) is 12.7. The number of anilines is 1. The number of hydrazine groups is 1. The average molecular weight is 247 g/mol. The van der Waals surface area contributed by atoms with Crippen molar-refractivity contribution >= 4 is 17.4 Å². The molecule has 1 aromatic carbocycles. The third-order valence-corrected chi connectivity index (χ3v) is 2.97. The Labute approximate surface area is 106 Å². The second-order valence-corrected chi connectivity index (χ2v) is 4.60. The Morgan fingerprint density at radius 3 is 2.39 bits per heavy atom. The first-order valence-corrected chi connectivity index (χ1v) is 5.99. The molecule has 96 valence electrons. The first-order chi connectivity index (χ1) is 8.56. The molecule has 0 saturated carbocycles. The molecule has 2 unspecified atom stereocenters. The maximum atomic E-state index is 11.9. The average Bonchev–Trinajstić information content (AvgIpc) is 2.76. The Balaban J connectivity index is 1.97. The van der Waals surface area contributed by atoms with E-state index < -0.39 is 0 Å². The van der Waals surface area contributed by atoms with Crippen LogP contribution in [0, 0.1) is 0 Å². The summed E-state index contributed by atoms with van der Waals surface area (Å²) in [6.45, 7) is 3.53. The van der Waals surface area contributed by atoms with Crippen LogP contribution in [0.3, 0.4) is 0 Å². The number of Topliss-reactive ketones (excluding diaryl/α,β-unsaturated/α-hetero) is 1. The van der Waals surface area contributed by atoms with E-state index in [1.165, 1.54) is 6.92 Å². The van der Waals surface area contributed by atoms with Gasteiger partial charge in [-0.15, -0.1) is 0 Å². The van der Waals surface area contributed by atoms with Gasteiger partial charge in [0.05, 0.1) is 0 Å². The van der Waals surface area contributed by atoms with Gasteiger partial charge in [0.1, 0.15) is 6.04 Å². The van der Waals surface area contributed by atoms with E-state index in [0.717, 1.165) is 6.42 Å². The van der Waals surface area contributed by atoms with Crippen molar-refractivity contribution in [2.24, 2.45) is 0 Å². The normalized spacial score (nSPS) is 22.8. The highest BCUT2D eigenvalue weighted by Gasteiger charge is 2.26. The fourth-order valence-electron chi connectivity index (χ4n) is 1.90. The third-order valence-electron chi connectivity index (χ3n) is 2.97. The van der Waals surface area contributed by atoms with Crippen molar-refractivity contribution in [2.75, 3.05) is 5.32 Å². The predicted octanol–water partition coefficient (Wildman–Crippen LogP) is 1.08. The lowest BCUT2D eigenvalue weighted by Gasteiger charge is -2.10. The van der Waals surface area contributed by atoms with E-state index in [1.54, 1.807) is 24.3 Å². The molecule has 2 atom stereocenters. The number of rotatable bonds is 3. The number of ketones is 1. The summed E-state index contributed by atoms with van der Waals surface area (Å²) >= 11 is 0. The number of carbonyl (C=O) groups excluding carboxylic acids is 2. The van der Waals surface area contributed by atoms with E-state index in [0.29, 0.717) is 17.3 Å². The molecule has 1 saturated heterocycles. The number of benzene rings is 1. The Kier molecular flexibility index (Phi) is 3.74. The molecule has 18 heavy (non-hydrogen) atoms. The van der Waals surface area contributed by atoms with Crippen LogP contribution >= 0.6 is 0 Å². The van der Waals surface area contributed by atoms with Gasteiger partial charge in [0.15, 0.2) is 5.78 Å². The molecule has 1 aliphatic rings. The van der Waals surface area contributed by atoms with Crippen LogP contribution in [0.15, 0.2) is 24.3 Å². The molecule has 1 heterocycles. The second kappa shape index (κ2) is 5.29. The van der Waals surface area contributed by atoms with E-state index in [-0.39, 0.29) is 17.7 Å². The van der Waals surface area contributed by atoms with E-state index in [1.807, 2.05) is 6.92 Å². The highest BCUT2D eigenvalue weighted by Crippen LogP contribution is 2.12. The fraction of sp³-hybridized carbons (Fsp3) is 0.385. The number of amides is 1. The Bertz CT molecular complexity index is 456. The lowest BCUT2D eigenvalue weighted by Crippen LogP contribution is -2.39. The minimum absolute atomic E-state index is 0.0170. The van der Waals surface area contributed by atoms with Crippen LogP contribution in [-0.4, -0.2) is 23.8 Å². The molecule has 5 nitrogen and oxygen atoms in total. The van der Waals surface area contributed by atoms with Gasteiger partial charge in [0, 0.05) is 17.3 Å². The molecule has 3 N–H and O–H groups in total. The zero-order chi connectivity index (χ0) is 13.1. The minimum atomic E-state index is -0.215. The van der Waals surface area contributed by atoms with E-state index in [4.69, 9.17) is 0 Å². The molecule has 0 aliphatic carbocycles. The van der Waals surface area contributed by atoms with Crippen LogP contribution in [0.2, 0.25) is 0 Å². The molecule has 0 radical (unpaired) electrons. The van der Waals surface area contributed by atoms with Gasteiger partial charge < -0.3 is 5.32 Å². The van der Waals surface area contributed by atoms with Crippen molar-refractivity contribution in [3.05, 3.63) is 29.8 Å². The summed E-state index contributed by atoms with van der Waals surface area (Å²) < 4.78 is 0. The van der Waals surface area contributed by atoms with Gasteiger partial charge in [-0.25, -0.2) is 5.43 Å². The highest BCUT2D eigenvalue weighted by molar-refractivity contribution is 5.97. The van der Waals surface area contributed by atoms with E-state index in [2.05, 4.69) is 16.2 Å². The number of hydrogen-bond acceptors (Lipinski definition) is 4. The van der Waals surface area contributed by atoms with Crippen molar-refractivity contribution < 1.29 is 9.59 Å². The van der Waals surface area contributed by atoms with E-state index in [9.17, 15) is 9.59 Å². The second-order valence-electron chi connectivity index (χ2n) is 4.60. The molecule has 1 amide bonds. The monoisotopic (exact) mass is 247 g/mol. The van der Waals surface area contributed by atoms with Gasteiger partial charge in [0.25, 0.3) is 0 Å². The van der Waals surface area contributed by atoms with E-state index >= 15 is 0 Å². The van der Waals surface area contributed by atoms with Crippen molar-refractivity contribution in [3.63, 3.8) is 0 Å². The molecule has 0 spiro atoms. The van der Waals surface area contributed by atoms with Crippen molar-refractivity contribution in [2.45, 2.75) is 32.4 Å². The molecule has 2 rings (SSSR count). The van der Waals surface area contributed by atoms with Gasteiger partial charge in [-0.2, -0.15) is 0 Å². The molecule has 1 aromatic rings. The molecule has 1 aliphatic heterocycles. The molecule has 0 bridgehead atoms. The fourth-order valence-corrected chi connectivity index (χ4v) is 1.90. The molecular weight excluding hydrogens is 230 g/mol. The summed E-state index contributed by atoms with van der Waals surface area (Å²) in [5, 5.41) is 2.82. The number of carbonyl (C=O) groups is 2. The van der Waals surface area contributed by atoms with Crippen LogP contribution < -0.4 is 16.2 Å². The Morgan fingerprint density at radius 2 is 1.89 bits per heavy atom. The van der Waals surface area contributed by atoms with Gasteiger partial charge in [-0.1, -0.05) is 0 Å². The summed E-state index contributed by atoms with van der Waals surface area (Å²) in [7, 11) is 0. The zero-order valence-electron chi connectivity index (χ0n) is 10.5. The van der Waals surface area contributed by atoms with Gasteiger partial charge in [0.2, 0.25) is 5.91 Å². The van der Waals surface area contributed by atoms with Crippen molar-refractivity contribution in [1.82, 2.24) is 10.9 Å². The van der Waals surface area contributed by atoms with Gasteiger partial charge in [-0.3, -0.25) is 15.0 Å². The maximum absolute atomic E-state index is 11.9. The van der Waals surface area contributed by atoms with Crippen LogP contribution in [0.25, 0.3) is 0 Å². The summed E-state index contributed by atoms with van der Waals surface area (Å²) in [5.41, 5.74) is 7.29. The zero-order valence-corrected chi connectivity index (χ0v) is 10.5. The highest BCUT2D eigenvalue weighted by atomic mass is 16.2. The van der Waals surface area contributed by atoms with Gasteiger partial charge >= 0.3 is 0 Å². The van der Waals surface area contributed by atoms with Crippen molar-refractivity contribution in [3.8, 4) is 0 Å². The van der Waals surface area contributed by atoms with Gasteiger partial charge in [-0.05, 0) is 44.5 Å². The summed E-state index contributed by atoms with van der Waals surface area (Å²) in [6, 6.07) is 6.97. The number of nitrogens with one attached hydrogen (secondary N) is 3. The first-order valence-electron chi connectivity index (χ1n) is 5.99. The lowest BCUT2D eigenvalue weighted by atomic mass is 10.1. The smallest absolute Gasteiger partial charge is 0.242 e. The SMILES string of the molecule is CC(=O)c1ccc(NC(=O)C2CC(C)NN2)cc1. The molecule has 1 fully saturated rings. The maximum Gasteiger partial charge on any atom is 0.242 e. The van der Waals surface area contributed by atoms with Crippen LogP contribution in [0.5, 0.6) is 0 Å². The standard InChI is InChI=1S/C13H17N3O2/c1-8-7-12(16-15-8)13(18)14-11-5-3-10(4-6-11)9(2)17/h3-6,8,12,15-16H,7H2,1-2H3,(H,14,18). The van der Waals surface area contributed by atoms with Crippen molar-refractivity contribution in [1.29, 1.82) is 0 Å². The van der Waals surface area contributed by atoms with Crippen LogP contribution in [0.4, 0.5) is 5.69 Å². The Morgan fingerprint density at radius 1 is 1.22 bits per heavy atom.